The Morgan fingerprint density at radius 3 is 2.23 bits per heavy atom. The summed E-state index contributed by atoms with van der Waals surface area (Å²) in [6.07, 6.45) is -3.76. The van der Waals surface area contributed by atoms with Crippen LogP contribution in [0.5, 0.6) is 0 Å². The predicted octanol–water partition coefficient (Wildman–Crippen LogP) is -3.69. The van der Waals surface area contributed by atoms with E-state index < -0.39 is 30.4 Å². The van der Waals surface area contributed by atoms with Gasteiger partial charge in [0.25, 0.3) is 11.6 Å². The summed E-state index contributed by atoms with van der Waals surface area (Å²) >= 11 is 0. The van der Waals surface area contributed by atoms with Gasteiger partial charge in [-0.05, 0) is 0 Å². The molecule has 1 aliphatic rings. The highest BCUT2D eigenvalue weighted by atomic mass is 16.8. The minimum atomic E-state index is -2.53. The predicted molar refractivity (Wildman–Crippen MR) is 36.1 cm³/mol. The van der Waals surface area contributed by atoms with Crippen LogP contribution in [0.3, 0.4) is 0 Å². The second-order valence-electron chi connectivity index (χ2n) is 2.81. The fourth-order valence-electron chi connectivity index (χ4n) is 0.953. The third-order valence-corrected chi connectivity index (χ3v) is 1.89. The van der Waals surface area contributed by atoms with Crippen LogP contribution in [0.1, 0.15) is 0 Å². The zero-order valence-electron chi connectivity index (χ0n) is 6.49. The molecule has 1 fully saturated rings. The molecule has 13 heavy (non-hydrogen) atoms. The third kappa shape index (κ3) is 1.35. The van der Waals surface area contributed by atoms with E-state index in [0.29, 0.717) is 0 Å². The number of rotatable bonds is 4. The second kappa shape index (κ2) is 2.98. The lowest BCUT2D eigenvalue weighted by Gasteiger charge is -2.18. The molecule has 0 spiro atoms. The molecule has 76 valence electrons. The van der Waals surface area contributed by atoms with Gasteiger partial charge in [0.05, 0.1) is 6.61 Å². The third-order valence-electron chi connectivity index (χ3n) is 1.89. The number of hydrogen-bond donors (Lipinski definition) is 5. The SMILES string of the molecule is O=C[C@@]1(O)O[C@]1(O)C(O)C(O)CO. The van der Waals surface area contributed by atoms with Crippen molar-refractivity contribution < 1.29 is 35.1 Å². The summed E-state index contributed by atoms with van der Waals surface area (Å²) in [5, 5.41) is 44.5. The number of carbonyl (C=O) groups excluding carboxylic acids is 1. The summed E-state index contributed by atoms with van der Waals surface area (Å²) in [4.78, 5) is 10.1. The molecule has 7 heteroatoms. The molecule has 4 atom stereocenters. The van der Waals surface area contributed by atoms with Gasteiger partial charge in [-0.25, -0.2) is 0 Å². The molecule has 0 amide bonds. The van der Waals surface area contributed by atoms with Gasteiger partial charge in [-0.3, -0.25) is 9.53 Å². The molecule has 0 aromatic carbocycles. The second-order valence-corrected chi connectivity index (χ2v) is 2.81. The van der Waals surface area contributed by atoms with Crippen molar-refractivity contribution in [3.8, 4) is 0 Å². The normalized spacial score (nSPS) is 42.5. The molecule has 0 aromatic rings. The largest absolute Gasteiger partial charge is 0.394 e. The molecule has 0 radical (unpaired) electrons. The van der Waals surface area contributed by atoms with E-state index in [1.54, 1.807) is 0 Å². The average Bonchev–Trinajstić information content (AvgIpc) is 2.69. The van der Waals surface area contributed by atoms with Crippen molar-refractivity contribution in [2.24, 2.45) is 0 Å². The number of aliphatic hydroxyl groups is 5. The van der Waals surface area contributed by atoms with Gasteiger partial charge in [-0.15, -0.1) is 0 Å². The van der Waals surface area contributed by atoms with Crippen molar-refractivity contribution in [1.82, 2.24) is 0 Å². The van der Waals surface area contributed by atoms with E-state index in [-0.39, 0.29) is 6.29 Å². The number of carbonyl (C=O) groups is 1. The van der Waals surface area contributed by atoms with Crippen molar-refractivity contribution in [1.29, 1.82) is 0 Å². The fourth-order valence-corrected chi connectivity index (χ4v) is 0.953. The Bertz CT molecular complexity index is 219. The first-order valence-electron chi connectivity index (χ1n) is 3.49. The van der Waals surface area contributed by atoms with E-state index in [0.717, 1.165) is 0 Å². The molecule has 1 saturated heterocycles. The molecule has 5 N–H and O–H groups in total. The number of epoxide rings is 1. The van der Waals surface area contributed by atoms with Gasteiger partial charge in [0.2, 0.25) is 0 Å². The summed E-state index contributed by atoms with van der Waals surface area (Å²) in [5.74, 6) is -5.03. The Kier molecular flexibility index (Phi) is 2.41. The number of aldehydes is 1. The van der Waals surface area contributed by atoms with Crippen LogP contribution in [-0.4, -0.2) is 62.2 Å². The quantitative estimate of drug-likeness (QED) is 0.230. The maximum atomic E-state index is 10.1. The Hall–Kier alpha value is -0.570. The van der Waals surface area contributed by atoms with E-state index in [1.165, 1.54) is 0 Å². The first kappa shape index (κ1) is 10.5. The lowest BCUT2D eigenvalue weighted by Crippen LogP contribution is -2.47. The van der Waals surface area contributed by atoms with Crippen LogP contribution in [-0.2, 0) is 9.53 Å². The van der Waals surface area contributed by atoms with E-state index in [9.17, 15) is 9.90 Å². The summed E-state index contributed by atoms with van der Waals surface area (Å²) in [5.41, 5.74) is 0. The van der Waals surface area contributed by atoms with Crippen LogP contribution < -0.4 is 0 Å². The number of ether oxygens (including phenoxy) is 1. The maximum absolute atomic E-state index is 10.1. The summed E-state index contributed by atoms with van der Waals surface area (Å²) < 4.78 is 4.15. The molecule has 2 unspecified atom stereocenters. The summed E-state index contributed by atoms with van der Waals surface area (Å²) in [6, 6.07) is 0. The van der Waals surface area contributed by atoms with Gasteiger partial charge < -0.3 is 25.5 Å². The van der Waals surface area contributed by atoms with Crippen molar-refractivity contribution in [3.63, 3.8) is 0 Å². The van der Waals surface area contributed by atoms with Crippen molar-refractivity contribution in [2.75, 3.05) is 6.61 Å². The molecule has 1 rings (SSSR count). The topological polar surface area (TPSA) is 131 Å². The Balaban J connectivity index is 2.69. The highest BCUT2D eigenvalue weighted by Crippen LogP contribution is 2.45. The molecular formula is C6H10O7. The van der Waals surface area contributed by atoms with Gasteiger partial charge in [-0.1, -0.05) is 0 Å². The van der Waals surface area contributed by atoms with Crippen LogP contribution in [0.25, 0.3) is 0 Å². The maximum Gasteiger partial charge on any atom is 0.285 e. The summed E-state index contributed by atoms with van der Waals surface area (Å²) in [6.45, 7) is -0.832. The Labute approximate surface area is 72.8 Å². The zero-order valence-corrected chi connectivity index (χ0v) is 6.49. The number of hydrogen-bond acceptors (Lipinski definition) is 7. The molecule has 1 heterocycles. The van der Waals surface area contributed by atoms with Crippen molar-refractivity contribution in [3.05, 3.63) is 0 Å². The first-order chi connectivity index (χ1) is 5.91. The van der Waals surface area contributed by atoms with E-state index in [1.807, 2.05) is 0 Å². The average molecular weight is 194 g/mol. The van der Waals surface area contributed by atoms with Crippen LogP contribution >= 0.6 is 0 Å². The molecule has 7 nitrogen and oxygen atoms in total. The standard InChI is InChI=1S/C6H10O7/c7-1-3(9)4(10)6(12)5(11,2-8)13-6/h2-4,7,9-12H,1H2/t3?,4?,5-,6-/m1/s1. The van der Waals surface area contributed by atoms with Gasteiger partial charge in [0.15, 0.2) is 6.29 Å². The number of aliphatic hydroxyl groups excluding tert-OH is 3. The Morgan fingerprint density at radius 1 is 1.38 bits per heavy atom. The molecule has 0 aliphatic carbocycles. The fraction of sp³-hybridized carbons (Fsp3) is 0.833. The first-order valence-corrected chi connectivity index (χ1v) is 3.49. The van der Waals surface area contributed by atoms with Gasteiger partial charge in [0.1, 0.15) is 12.2 Å². The van der Waals surface area contributed by atoms with Crippen LogP contribution in [0.4, 0.5) is 0 Å². The highest BCUT2D eigenvalue weighted by molar-refractivity contribution is 5.66. The Morgan fingerprint density at radius 2 is 1.92 bits per heavy atom. The van der Waals surface area contributed by atoms with E-state index >= 15 is 0 Å². The lowest BCUT2D eigenvalue weighted by molar-refractivity contribution is -0.141. The van der Waals surface area contributed by atoms with Crippen molar-refractivity contribution in [2.45, 2.75) is 23.8 Å². The van der Waals surface area contributed by atoms with Gasteiger partial charge >= 0.3 is 0 Å². The molecule has 0 bridgehead atoms. The molecular weight excluding hydrogens is 184 g/mol. The lowest BCUT2D eigenvalue weighted by atomic mass is 10.0. The minimum absolute atomic E-state index is 0.111. The summed E-state index contributed by atoms with van der Waals surface area (Å²) in [7, 11) is 0. The zero-order chi connectivity index (χ0) is 10.3. The van der Waals surface area contributed by atoms with Gasteiger partial charge in [0, 0.05) is 0 Å². The van der Waals surface area contributed by atoms with E-state index in [4.69, 9.17) is 20.4 Å². The monoisotopic (exact) mass is 194 g/mol. The van der Waals surface area contributed by atoms with Crippen LogP contribution in [0.2, 0.25) is 0 Å². The molecule has 0 aromatic heterocycles. The van der Waals surface area contributed by atoms with E-state index in [2.05, 4.69) is 4.74 Å². The highest BCUT2D eigenvalue weighted by Gasteiger charge is 2.75. The van der Waals surface area contributed by atoms with Gasteiger partial charge in [-0.2, -0.15) is 0 Å². The molecule has 0 saturated carbocycles. The minimum Gasteiger partial charge on any atom is -0.394 e. The van der Waals surface area contributed by atoms with Crippen LogP contribution in [0, 0.1) is 0 Å². The smallest absolute Gasteiger partial charge is 0.285 e. The van der Waals surface area contributed by atoms with Crippen LogP contribution in [0.15, 0.2) is 0 Å². The van der Waals surface area contributed by atoms with Crippen molar-refractivity contribution >= 4 is 6.29 Å². The molecule has 1 aliphatic heterocycles.